The van der Waals surface area contributed by atoms with Gasteiger partial charge in [-0.15, -0.1) is 0 Å². The maximum Gasteiger partial charge on any atom is 0.149 e. The van der Waals surface area contributed by atoms with Crippen molar-refractivity contribution in [2.24, 2.45) is 0 Å². The van der Waals surface area contributed by atoms with Crippen LogP contribution in [0.3, 0.4) is 0 Å². The van der Waals surface area contributed by atoms with Crippen molar-refractivity contribution >= 4 is 33.9 Å². The van der Waals surface area contributed by atoms with E-state index in [1.165, 1.54) is 19.4 Å². The van der Waals surface area contributed by atoms with Crippen LogP contribution in [0.4, 0.5) is 15.8 Å². The van der Waals surface area contributed by atoms with Crippen LogP contribution in [-0.2, 0) is 0 Å². The number of fused-ring (bicyclic) bond motifs is 1. The summed E-state index contributed by atoms with van der Waals surface area (Å²) in [5.74, 6) is 0.103. The van der Waals surface area contributed by atoms with Crippen molar-refractivity contribution in [3.8, 4) is 11.8 Å². The van der Waals surface area contributed by atoms with E-state index >= 15 is 0 Å². The first-order chi connectivity index (χ1) is 11.1. The normalized spacial score (nSPS) is 10.3. The van der Waals surface area contributed by atoms with Gasteiger partial charge in [0.2, 0.25) is 0 Å². The van der Waals surface area contributed by atoms with Gasteiger partial charge in [-0.05, 0) is 24.3 Å². The number of aromatic nitrogens is 1. The van der Waals surface area contributed by atoms with Gasteiger partial charge in [-0.2, -0.15) is 5.26 Å². The smallest absolute Gasteiger partial charge is 0.149 e. The lowest BCUT2D eigenvalue weighted by molar-refractivity contribution is 0.415. The molecule has 0 atom stereocenters. The predicted octanol–water partition coefficient (Wildman–Crippen LogP) is 4.65. The molecule has 0 amide bonds. The summed E-state index contributed by atoms with van der Waals surface area (Å²) in [5, 5.41) is 13.4. The highest BCUT2D eigenvalue weighted by Gasteiger charge is 2.12. The molecule has 6 heteroatoms. The number of hydrogen-bond donors (Lipinski definition) is 1. The standard InChI is InChI=1S/C17H11ClFN3O/c1-23-15-6-5-11(7-13(15)18)22-16-10(8-20)9-21-17-12(16)3-2-4-14(17)19/h2-7,9H,1H3,(H,21,22). The highest BCUT2D eigenvalue weighted by molar-refractivity contribution is 6.32. The van der Waals surface area contributed by atoms with Gasteiger partial charge in [-0.3, -0.25) is 4.98 Å². The molecule has 0 aliphatic rings. The molecule has 0 unspecified atom stereocenters. The third-order valence-corrected chi connectivity index (χ3v) is 3.69. The Kier molecular flexibility index (Phi) is 4.00. The van der Waals surface area contributed by atoms with Crippen molar-refractivity contribution in [2.45, 2.75) is 0 Å². The number of anilines is 2. The Hall–Kier alpha value is -2.84. The largest absolute Gasteiger partial charge is 0.495 e. The van der Waals surface area contributed by atoms with Crippen LogP contribution in [0.5, 0.6) is 5.75 Å². The average Bonchev–Trinajstić information content (AvgIpc) is 2.56. The Morgan fingerprint density at radius 1 is 1.30 bits per heavy atom. The van der Waals surface area contributed by atoms with E-state index in [9.17, 15) is 9.65 Å². The Labute approximate surface area is 137 Å². The Balaban J connectivity index is 2.14. The Morgan fingerprint density at radius 2 is 2.13 bits per heavy atom. The molecule has 3 aromatic rings. The Bertz CT molecular complexity index is 937. The van der Waals surface area contributed by atoms with E-state index in [0.29, 0.717) is 33.1 Å². The summed E-state index contributed by atoms with van der Waals surface area (Å²) >= 11 is 6.11. The van der Waals surface area contributed by atoms with Crippen LogP contribution in [0.25, 0.3) is 10.9 Å². The fourth-order valence-corrected chi connectivity index (χ4v) is 2.55. The summed E-state index contributed by atoms with van der Waals surface area (Å²) in [5.41, 5.74) is 1.66. The zero-order chi connectivity index (χ0) is 16.4. The molecule has 0 saturated heterocycles. The first-order valence-corrected chi connectivity index (χ1v) is 7.09. The summed E-state index contributed by atoms with van der Waals surface area (Å²) < 4.78 is 19.0. The number of nitrogens with zero attached hydrogens (tertiary/aromatic N) is 2. The summed E-state index contributed by atoms with van der Waals surface area (Å²) in [7, 11) is 1.53. The highest BCUT2D eigenvalue weighted by Crippen LogP contribution is 2.33. The predicted molar refractivity (Wildman–Crippen MR) is 87.7 cm³/mol. The van der Waals surface area contributed by atoms with E-state index < -0.39 is 5.82 Å². The molecule has 0 radical (unpaired) electrons. The molecule has 1 heterocycles. The van der Waals surface area contributed by atoms with E-state index in [1.807, 2.05) is 0 Å². The second-order valence-electron chi connectivity index (χ2n) is 4.77. The van der Waals surface area contributed by atoms with E-state index in [0.717, 1.165) is 0 Å². The summed E-state index contributed by atoms with van der Waals surface area (Å²) in [4.78, 5) is 4.02. The van der Waals surface area contributed by atoms with Gasteiger partial charge in [-0.1, -0.05) is 23.7 Å². The van der Waals surface area contributed by atoms with Gasteiger partial charge in [0.05, 0.1) is 23.4 Å². The summed E-state index contributed by atoms with van der Waals surface area (Å²) in [6, 6.07) is 11.8. The quantitative estimate of drug-likeness (QED) is 0.760. The highest BCUT2D eigenvalue weighted by atomic mass is 35.5. The van der Waals surface area contributed by atoms with Gasteiger partial charge in [0.1, 0.15) is 23.2 Å². The minimum atomic E-state index is -0.442. The molecule has 1 N–H and O–H groups in total. The zero-order valence-electron chi connectivity index (χ0n) is 12.1. The number of benzene rings is 2. The SMILES string of the molecule is COc1ccc(Nc2c(C#N)cnc3c(F)cccc23)cc1Cl. The van der Waals surface area contributed by atoms with Gasteiger partial charge >= 0.3 is 0 Å². The monoisotopic (exact) mass is 327 g/mol. The van der Waals surface area contributed by atoms with Crippen molar-refractivity contribution in [3.63, 3.8) is 0 Å². The number of rotatable bonds is 3. The molecule has 3 rings (SSSR count). The van der Waals surface area contributed by atoms with Crippen LogP contribution in [0.2, 0.25) is 5.02 Å². The van der Waals surface area contributed by atoms with Gasteiger partial charge in [0.15, 0.2) is 0 Å². The number of nitrogens with one attached hydrogen (secondary N) is 1. The number of hydrogen-bond acceptors (Lipinski definition) is 4. The average molecular weight is 328 g/mol. The topological polar surface area (TPSA) is 57.9 Å². The lowest BCUT2D eigenvalue weighted by Crippen LogP contribution is -1.98. The molecule has 0 aliphatic heterocycles. The maximum absolute atomic E-state index is 13.9. The van der Waals surface area contributed by atoms with E-state index in [2.05, 4.69) is 16.4 Å². The van der Waals surface area contributed by atoms with Crippen molar-refractivity contribution in [2.75, 3.05) is 12.4 Å². The van der Waals surface area contributed by atoms with Crippen LogP contribution in [-0.4, -0.2) is 12.1 Å². The van der Waals surface area contributed by atoms with E-state index in [1.54, 1.807) is 30.3 Å². The lowest BCUT2D eigenvalue weighted by Gasteiger charge is -2.13. The molecule has 0 saturated carbocycles. The molecule has 1 aromatic heterocycles. The number of ether oxygens (including phenoxy) is 1. The van der Waals surface area contributed by atoms with Crippen LogP contribution in [0.15, 0.2) is 42.6 Å². The molecule has 114 valence electrons. The molecule has 0 spiro atoms. The third kappa shape index (κ3) is 2.77. The number of halogens is 2. The van der Waals surface area contributed by atoms with E-state index in [-0.39, 0.29) is 5.52 Å². The van der Waals surface area contributed by atoms with E-state index in [4.69, 9.17) is 16.3 Å². The molecular weight excluding hydrogens is 317 g/mol. The molecule has 0 aliphatic carbocycles. The minimum Gasteiger partial charge on any atom is -0.495 e. The number of para-hydroxylation sites is 1. The third-order valence-electron chi connectivity index (χ3n) is 3.39. The van der Waals surface area contributed by atoms with Gasteiger partial charge in [0.25, 0.3) is 0 Å². The second-order valence-corrected chi connectivity index (χ2v) is 5.18. The van der Waals surface area contributed by atoms with Crippen LogP contribution >= 0.6 is 11.6 Å². The number of methoxy groups -OCH3 is 1. The van der Waals surface area contributed by atoms with Gasteiger partial charge in [-0.25, -0.2) is 4.39 Å². The molecule has 4 nitrogen and oxygen atoms in total. The van der Waals surface area contributed by atoms with Gasteiger partial charge < -0.3 is 10.1 Å². The first kappa shape index (κ1) is 15.1. The molecular formula is C17H11ClFN3O. The number of pyridine rings is 1. The van der Waals surface area contributed by atoms with Crippen LogP contribution in [0, 0.1) is 17.1 Å². The molecule has 2 aromatic carbocycles. The van der Waals surface area contributed by atoms with Crippen molar-refractivity contribution in [1.82, 2.24) is 4.98 Å². The summed E-state index contributed by atoms with van der Waals surface area (Å²) in [6.45, 7) is 0. The molecule has 0 fully saturated rings. The van der Waals surface area contributed by atoms with Crippen molar-refractivity contribution in [3.05, 3.63) is 59.0 Å². The van der Waals surface area contributed by atoms with Crippen LogP contribution < -0.4 is 10.1 Å². The number of nitriles is 1. The van der Waals surface area contributed by atoms with Crippen LogP contribution in [0.1, 0.15) is 5.56 Å². The lowest BCUT2D eigenvalue weighted by atomic mass is 10.1. The minimum absolute atomic E-state index is 0.202. The molecule has 23 heavy (non-hydrogen) atoms. The van der Waals surface area contributed by atoms with Gasteiger partial charge in [0, 0.05) is 17.3 Å². The second kappa shape index (κ2) is 6.11. The fourth-order valence-electron chi connectivity index (χ4n) is 2.29. The summed E-state index contributed by atoms with van der Waals surface area (Å²) in [6.07, 6.45) is 1.35. The zero-order valence-corrected chi connectivity index (χ0v) is 12.9. The molecule has 0 bridgehead atoms. The first-order valence-electron chi connectivity index (χ1n) is 6.72. The maximum atomic E-state index is 13.9. The fraction of sp³-hybridized carbons (Fsp3) is 0.0588. The van der Waals surface area contributed by atoms with Crippen molar-refractivity contribution < 1.29 is 9.13 Å². The van der Waals surface area contributed by atoms with Crippen molar-refractivity contribution in [1.29, 1.82) is 5.26 Å². The Morgan fingerprint density at radius 3 is 2.83 bits per heavy atom.